The van der Waals surface area contributed by atoms with Crippen LogP contribution >= 0.6 is 0 Å². The number of hydrogen-bond acceptors (Lipinski definition) is 2. The van der Waals surface area contributed by atoms with Gasteiger partial charge >= 0.3 is 0 Å². The van der Waals surface area contributed by atoms with Crippen LogP contribution in [0.2, 0.25) is 0 Å². The van der Waals surface area contributed by atoms with Gasteiger partial charge in [-0.25, -0.2) is 0 Å². The number of hydrogen-bond donors (Lipinski definition) is 2. The third-order valence-electron chi connectivity index (χ3n) is 6.71. The van der Waals surface area contributed by atoms with Gasteiger partial charge in [-0.2, -0.15) is 0 Å². The minimum absolute atomic E-state index is 1.10. The summed E-state index contributed by atoms with van der Waals surface area (Å²) in [5.41, 5.74) is 9.35. The van der Waals surface area contributed by atoms with E-state index in [4.69, 9.17) is 0 Å². The molecular weight excluding hydrogens is 412 g/mol. The van der Waals surface area contributed by atoms with Crippen LogP contribution < -0.4 is 10.6 Å². The Kier molecular flexibility index (Phi) is 4.18. The lowest BCUT2D eigenvalue weighted by atomic mass is 9.98. The molecule has 2 N–H and O–H groups in total. The molecule has 0 unspecified atom stereocenters. The Hall–Kier alpha value is -4.56. The molecule has 34 heavy (non-hydrogen) atoms. The van der Waals surface area contributed by atoms with E-state index < -0.39 is 0 Å². The fourth-order valence-corrected chi connectivity index (χ4v) is 4.92. The molecule has 2 heteroatoms. The van der Waals surface area contributed by atoms with Gasteiger partial charge in [-0.1, -0.05) is 84.9 Å². The van der Waals surface area contributed by atoms with Gasteiger partial charge in [0.1, 0.15) is 0 Å². The largest absolute Gasteiger partial charge is 0.352 e. The molecule has 1 heterocycles. The minimum atomic E-state index is 1.10. The Bertz CT molecular complexity index is 1560. The SMILES string of the molecule is c1ccc(-c2ccc3cc4c(cc3c2)Nc2cc3ccc(-c5ccccc5)cc3cc2N4)cc1. The molecule has 0 fully saturated rings. The molecule has 7 rings (SSSR count). The van der Waals surface area contributed by atoms with E-state index in [9.17, 15) is 0 Å². The number of benzene rings is 6. The Labute approximate surface area is 198 Å². The van der Waals surface area contributed by atoms with Crippen LogP contribution in [0, 0.1) is 0 Å². The Morgan fingerprint density at radius 1 is 0.294 bits per heavy atom. The summed E-state index contributed by atoms with van der Waals surface area (Å²) in [6.07, 6.45) is 0. The second-order valence-electron chi connectivity index (χ2n) is 8.90. The van der Waals surface area contributed by atoms with E-state index in [2.05, 4.69) is 132 Å². The molecule has 160 valence electrons. The summed E-state index contributed by atoms with van der Waals surface area (Å²) in [6, 6.07) is 43.4. The van der Waals surface area contributed by atoms with Gasteiger partial charge in [0.15, 0.2) is 0 Å². The van der Waals surface area contributed by atoms with Gasteiger partial charge in [-0.05, 0) is 80.2 Å². The zero-order valence-electron chi connectivity index (χ0n) is 18.5. The molecule has 0 aliphatic carbocycles. The van der Waals surface area contributed by atoms with Crippen molar-refractivity contribution in [3.63, 3.8) is 0 Å². The van der Waals surface area contributed by atoms with Crippen molar-refractivity contribution in [1.82, 2.24) is 0 Å². The van der Waals surface area contributed by atoms with Crippen LogP contribution in [-0.2, 0) is 0 Å². The van der Waals surface area contributed by atoms with E-state index in [1.807, 2.05) is 0 Å². The van der Waals surface area contributed by atoms with Crippen LogP contribution in [0.25, 0.3) is 43.8 Å². The summed E-state index contributed by atoms with van der Waals surface area (Å²) in [5.74, 6) is 0. The van der Waals surface area contributed by atoms with Crippen LogP contribution in [0.15, 0.2) is 121 Å². The third-order valence-corrected chi connectivity index (χ3v) is 6.71. The predicted octanol–water partition coefficient (Wildman–Crippen LogP) is 9.13. The smallest absolute Gasteiger partial charge is 0.0630 e. The Balaban J connectivity index is 1.28. The fraction of sp³-hybridized carbons (Fsp3) is 0. The molecule has 0 saturated heterocycles. The van der Waals surface area contributed by atoms with Gasteiger partial charge in [0.25, 0.3) is 0 Å². The lowest BCUT2D eigenvalue weighted by Gasteiger charge is -2.24. The molecule has 1 aliphatic heterocycles. The average molecular weight is 435 g/mol. The summed E-state index contributed by atoms with van der Waals surface area (Å²) in [6.45, 7) is 0. The first-order chi connectivity index (χ1) is 16.8. The van der Waals surface area contributed by atoms with Gasteiger partial charge in [-0.3, -0.25) is 0 Å². The summed E-state index contributed by atoms with van der Waals surface area (Å²) >= 11 is 0. The average Bonchev–Trinajstić information content (AvgIpc) is 2.90. The standard InChI is InChI=1S/C32H22N2/c1-3-7-21(8-4-1)23-11-13-25-17-29-31(19-27(25)15-23)33-30-18-26-14-12-24(22-9-5-2-6-10-22)16-28(26)20-32(30)34-29/h1-20,33-34H. The van der Waals surface area contributed by atoms with Crippen LogP contribution in [0.4, 0.5) is 22.7 Å². The molecular formula is C32H22N2. The molecule has 0 amide bonds. The van der Waals surface area contributed by atoms with Gasteiger partial charge < -0.3 is 10.6 Å². The van der Waals surface area contributed by atoms with E-state index in [1.165, 1.54) is 43.8 Å². The van der Waals surface area contributed by atoms with E-state index in [-0.39, 0.29) is 0 Å². The van der Waals surface area contributed by atoms with Crippen LogP contribution in [0.5, 0.6) is 0 Å². The summed E-state index contributed by atoms with van der Waals surface area (Å²) in [7, 11) is 0. The van der Waals surface area contributed by atoms with Gasteiger partial charge in [-0.15, -0.1) is 0 Å². The van der Waals surface area contributed by atoms with Gasteiger partial charge in [0, 0.05) is 0 Å². The molecule has 1 aliphatic rings. The third kappa shape index (κ3) is 3.20. The summed E-state index contributed by atoms with van der Waals surface area (Å²) in [4.78, 5) is 0. The molecule has 2 nitrogen and oxygen atoms in total. The quantitative estimate of drug-likeness (QED) is 0.283. The molecule has 0 radical (unpaired) electrons. The monoisotopic (exact) mass is 434 g/mol. The predicted molar refractivity (Wildman–Crippen MR) is 145 cm³/mol. The highest BCUT2D eigenvalue weighted by Gasteiger charge is 2.16. The Morgan fingerprint density at radius 3 is 1.09 bits per heavy atom. The molecule has 0 atom stereocenters. The lowest BCUT2D eigenvalue weighted by Crippen LogP contribution is -2.06. The molecule has 6 aromatic carbocycles. The molecule has 0 spiro atoms. The van der Waals surface area contributed by atoms with E-state index in [0.717, 1.165) is 22.7 Å². The number of fused-ring (bicyclic) bond motifs is 4. The van der Waals surface area contributed by atoms with Crippen molar-refractivity contribution in [3.05, 3.63) is 121 Å². The fourth-order valence-electron chi connectivity index (χ4n) is 4.92. The van der Waals surface area contributed by atoms with E-state index >= 15 is 0 Å². The highest BCUT2D eigenvalue weighted by Crippen LogP contribution is 2.43. The number of anilines is 4. The normalized spacial score (nSPS) is 12.0. The molecule has 0 aromatic heterocycles. The van der Waals surface area contributed by atoms with Crippen LogP contribution in [-0.4, -0.2) is 0 Å². The highest BCUT2D eigenvalue weighted by atomic mass is 15.0. The van der Waals surface area contributed by atoms with E-state index in [0.29, 0.717) is 0 Å². The van der Waals surface area contributed by atoms with Crippen molar-refractivity contribution in [2.75, 3.05) is 10.6 Å². The van der Waals surface area contributed by atoms with Gasteiger partial charge in [0.2, 0.25) is 0 Å². The second kappa shape index (κ2) is 7.50. The van der Waals surface area contributed by atoms with E-state index in [1.54, 1.807) is 0 Å². The van der Waals surface area contributed by atoms with Crippen molar-refractivity contribution >= 4 is 44.3 Å². The summed E-state index contributed by atoms with van der Waals surface area (Å²) in [5, 5.41) is 12.2. The molecule has 6 aromatic rings. The lowest BCUT2D eigenvalue weighted by molar-refractivity contribution is 1.48. The maximum absolute atomic E-state index is 3.67. The van der Waals surface area contributed by atoms with Gasteiger partial charge in [0.05, 0.1) is 22.7 Å². The number of nitrogens with one attached hydrogen (secondary N) is 2. The maximum atomic E-state index is 3.67. The topological polar surface area (TPSA) is 24.1 Å². The van der Waals surface area contributed by atoms with Crippen LogP contribution in [0.3, 0.4) is 0 Å². The first-order valence-electron chi connectivity index (χ1n) is 11.6. The first kappa shape index (κ1) is 19.0. The van der Waals surface area contributed by atoms with Crippen molar-refractivity contribution in [2.24, 2.45) is 0 Å². The minimum Gasteiger partial charge on any atom is -0.352 e. The van der Waals surface area contributed by atoms with Crippen molar-refractivity contribution in [2.45, 2.75) is 0 Å². The van der Waals surface area contributed by atoms with Crippen molar-refractivity contribution < 1.29 is 0 Å². The molecule has 0 saturated carbocycles. The zero-order valence-corrected chi connectivity index (χ0v) is 18.5. The van der Waals surface area contributed by atoms with Crippen molar-refractivity contribution in [3.8, 4) is 22.3 Å². The van der Waals surface area contributed by atoms with Crippen LogP contribution in [0.1, 0.15) is 0 Å². The Morgan fingerprint density at radius 2 is 0.676 bits per heavy atom. The first-order valence-corrected chi connectivity index (χ1v) is 11.6. The number of rotatable bonds is 2. The van der Waals surface area contributed by atoms with Crippen molar-refractivity contribution in [1.29, 1.82) is 0 Å². The molecule has 0 bridgehead atoms. The second-order valence-corrected chi connectivity index (χ2v) is 8.90. The summed E-state index contributed by atoms with van der Waals surface area (Å²) < 4.78 is 0. The highest BCUT2D eigenvalue weighted by molar-refractivity contribution is 6.03. The zero-order chi connectivity index (χ0) is 22.5. The maximum Gasteiger partial charge on any atom is 0.0630 e.